The number of nitrogens with zero attached hydrogens (tertiary/aromatic N) is 6. The number of carbonyl (C=O) groups excluding carboxylic acids is 2. The third kappa shape index (κ3) is 4.15. The maximum absolute atomic E-state index is 12.1. The van der Waals surface area contributed by atoms with Crippen molar-refractivity contribution < 1.29 is 9.59 Å². The summed E-state index contributed by atoms with van der Waals surface area (Å²) in [4.78, 5) is 46.8. The van der Waals surface area contributed by atoms with Crippen molar-refractivity contribution in [3.8, 4) is 0 Å². The quantitative estimate of drug-likeness (QED) is 0.428. The largest absolute Gasteiger partial charge is 0.340 e. The summed E-state index contributed by atoms with van der Waals surface area (Å²) in [6.07, 6.45) is 3.52. The highest BCUT2D eigenvalue weighted by atomic mass is 16.2. The summed E-state index contributed by atoms with van der Waals surface area (Å²) in [7, 11) is 0. The first-order chi connectivity index (χ1) is 17.1. The van der Waals surface area contributed by atoms with E-state index in [0.29, 0.717) is 35.0 Å². The molecule has 0 unspecified atom stereocenters. The van der Waals surface area contributed by atoms with Crippen LogP contribution in [0.3, 0.4) is 0 Å². The first-order valence-electron chi connectivity index (χ1n) is 11.4. The third-order valence-electron chi connectivity index (χ3n) is 6.22. The molecule has 35 heavy (non-hydrogen) atoms. The van der Waals surface area contributed by atoms with Crippen LogP contribution >= 0.6 is 0 Å². The maximum atomic E-state index is 12.1. The van der Waals surface area contributed by atoms with Gasteiger partial charge in [-0.05, 0) is 36.4 Å². The molecular weight excluding hydrogens is 444 g/mol. The molecule has 10 heteroatoms. The minimum absolute atomic E-state index is 0.360. The van der Waals surface area contributed by atoms with Crippen LogP contribution in [-0.4, -0.2) is 62.8 Å². The second-order valence-corrected chi connectivity index (χ2v) is 8.49. The fourth-order valence-corrected chi connectivity index (χ4v) is 4.43. The topological polar surface area (TPSA) is 116 Å². The molecule has 6 rings (SSSR count). The van der Waals surface area contributed by atoms with Crippen molar-refractivity contribution in [3.63, 3.8) is 0 Å². The van der Waals surface area contributed by atoms with Crippen LogP contribution in [0.2, 0.25) is 0 Å². The lowest BCUT2D eigenvalue weighted by Gasteiger charge is -2.34. The number of anilines is 3. The van der Waals surface area contributed by atoms with Crippen molar-refractivity contribution in [2.75, 3.05) is 36.4 Å². The molecule has 0 saturated carbocycles. The number of para-hydroxylation sites is 1. The number of nitrogens with one attached hydrogen (secondary N) is 2. The number of hydrogen-bond donors (Lipinski definition) is 2. The van der Waals surface area contributed by atoms with Gasteiger partial charge in [-0.3, -0.25) is 19.8 Å². The Labute approximate surface area is 201 Å². The van der Waals surface area contributed by atoms with Crippen molar-refractivity contribution in [1.82, 2.24) is 30.2 Å². The number of amides is 2. The number of rotatable bonds is 5. The van der Waals surface area contributed by atoms with E-state index >= 15 is 0 Å². The number of aromatic nitrogens is 4. The number of imide groups is 1. The Hall–Kier alpha value is -4.44. The first-order valence-corrected chi connectivity index (χ1v) is 11.4. The predicted octanol–water partition coefficient (Wildman–Crippen LogP) is 2.37. The summed E-state index contributed by atoms with van der Waals surface area (Å²) < 4.78 is 0. The van der Waals surface area contributed by atoms with Crippen LogP contribution in [0.1, 0.15) is 26.5 Å². The molecular formula is C25H22N8O2. The Morgan fingerprint density at radius 3 is 2.46 bits per heavy atom. The van der Waals surface area contributed by atoms with E-state index < -0.39 is 0 Å². The van der Waals surface area contributed by atoms with E-state index in [0.717, 1.165) is 43.0 Å². The fourth-order valence-electron chi connectivity index (χ4n) is 4.43. The molecule has 0 spiro atoms. The van der Waals surface area contributed by atoms with Gasteiger partial charge in [-0.2, -0.15) is 0 Å². The zero-order chi connectivity index (χ0) is 23.8. The summed E-state index contributed by atoms with van der Waals surface area (Å²) in [5.41, 5.74) is 2.26. The normalized spacial score (nSPS) is 15.8. The highest BCUT2D eigenvalue weighted by molar-refractivity contribution is 6.21. The molecule has 2 N–H and O–H groups in total. The second-order valence-electron chi connectivity index (χ2n) is 8.49. The van der Waals surface area contributed by atoms with Crippen LogP contribution in [0.4, 0.5) is 17.5 Å². The zero-order valence-electron chi connectivity index (χ0n) is 18.8. The van der Waals surface area contributed by atoms with Gasteiger partial charge in [-0.1, -0.05) is 12.1 Å². The standard InChI is InChI=1S/C25H22N8O2/c34-23-17-7-6-16(14-19(17)24(35)31-23)28-22-18-4-1-2-5-20(18)29-21(30-22)15-32-10-12-33(13-11-32)25-26-8-3-9-27-25/h1-9,14H,10-13,15H2,(H,28,29,30)(H,31,34,35). The zero-order valence-corrected chi connectivity index (χ0v) is 18.8. The van der Waals surface area contributed by atoms with E-state index in [1.165, 1.54) is 0 Å². The highest BCUT2D eigenvalue weighted by Crippen LogP contribution is 2.27. The van der Waals surface area contributed by atoms with Gasteiger partial charge in [0.15, 0.2) is 0 Å². The molecule has 0 bridgehead atoms. The van der Waals surface area contributed by atoms with Gasteiger partial charge in [0, 0.05) is 49.6 Å². The average Bonchev–Trinajstić information content (AvgIpc) is 3.17. The number of carbonyl (C=O) groups is 2. The van der Waals surface area contributed by atoms with Gasteiger partial charge in [-0.25, -0.2) is 19.9 Å². The van der Waals surface area contributed by atoms with E-state index in [9.17, 15) is 9.59 Å². The molecule has 2 amide bonds. The van der Waals surface area contributed by atoms with Crippen molar-refractivity contribution in [1.29, 1.82) is 0 Å². The van der Waals surface area contributed by atoms with E-state index in [-0.39, 0.29) is 11.8 Å². The molecule has 4 aromatic rings. The number of hydrogen-bond acceptors (Lipinski definition) is 9. The summed E-state index contributed by atoms with van der Waals surface area (Å²) in [5.74, 6) is 1.37. The molecule has 0 atom stereocenters. The molecule has 0 radical (unpaired) electrons. The molecule has 10 nitrogen and oxygen atoms in total. The summed E-state index contributed by atoms with van der Waals surface area (Å²) in [6, 6.07) is 14.7. The fraction of sp³-hybridized carbons (Fsp3) is 0.200. The molecule has 2 aromatic carbocycles. The van der Waals surface area contributed by atoms with Crippen LogP contribution in [0.25, 0.3) is 10.9 Å². The van der Waals surface area contributed by atoms with Gasteiger partial charge >= 0.3 is 0 Å². The Balaban J connectivity index is 1.23. The molecule has 1 fully saturated rings. The van der Waals surface area contributed by atoms with Crippen LogP contribution in [0, 0.1) is 0 Å². The van der Waals surface area contributed by atoms with Crippen molar-refractivity contribution in [2.45, 2.75) is 6.54 Å². The van der Waals surface area contributed by atoms with Gasteiger partial charge < -0.3 is 10.2 Å². The number of fused-ring (bicyclic) bond motifs is 2. The lowest BCUT2D eigenvalue weighted by Crippen LogP contribution is -2.46. The molecule has 2 aliphatic rings. The van der Waals surface area contributed by atoms with Crippen LogP contribution in [-0.2, 0) is 6.54 Å². The van der Waals surface area contributed by atoms with E-state index in [1.54, 1.807) is 30.6 Å². The van der Waals surface area contributed by atoms with Crippen LogP contribution < -0.4 is 15.5 Å². The number of piperazine rings is 1. The lowest BCUT2D eigenvalue weighted by atomic mass is 10.1. The van der Waals surface area contributed by atoms with Gasteiger partial charge in [0.05, 0.1) is 23.2 Å². The molecule has 4 heterocycles. The van der Waals surface area contributed by atoms with Crippen molar-refractivity contribution in [2.24, 2.45) is 0 Å². The Morgan fingerprint density at radius 1 is 0.857 bits per heavy atom. The smallest absolute Gasteiger partial charge is 0.259 e. The number of benzene rings is 2. The third-order valence-corrected chi connectivity index (χ3v) is 6.22. The Bertz CT molecular complexity index is 1430. The molecule has 2 aromatic heterocycles. The van der Waals surface area contributed by atoms with Crippen LogP contribution in [0.15, 0.2) is 60.9 Å². The minimum Gasteiger partial charge on any atom is -0.340 e. The molecule has 174 valence electrons. The lowest BCUT2D eigenvalue weighted by molar-refractivity contribution is 0.0879. The Morgan fingerprint density at radius 2 is 1.63 bits per heavy atom. The SMILES string of the molecule is O=C1NC(=O)c2cc(Nc3nc(CN4CCN(c5ncccn5)CC4)nc4ccccc34)ccc21. The van der Waals surface area contributed by atoms with E-state index in [2.05, 4.69) is 30.4 Å². The minimum atomic E-state index is -0.387. The van der Waals surface area contributed by atoms with Gasteiger partial charge in [0.25, 0.3) is 11.8 Å². The monoisotopic (exact) mass is 466 g/mol. The molecule has 0 aliphatic carbocycles. The van der Waals surface area contributed by atoms with E-state index in [4.69, 9.17) is 9.97 Å². The second kappa shape index (κ2) is 8.73. The average molecular weight is 467 g/mol. The van der Waals surface area contributed by atoms with Crippen LogP contribution in [0.5, 0.6) is 0 Å². The van der Waals surface area contributed by atoms with Gasteiger partial charge in [-0.15, -0.1) is 0 Å². The van der Waals surface area contributed by atoms with Gasteiger partial charge in [0.1, 0.15) is 11.6 Å². The first kappa shape index (κ1) is 21.1. The Kier molecular flexibility index (Phi) is 5.27. The van der Waals surface area contributed by atoms with E-state index in [1.807, 2.05) is 30.3 Å². The van der Waals surface area contributed by atoms with Crippen molar-refractivity contribution in [3.05, 3.63) is 77.9 Å². The van der Waals surface area contributed by atoms with Gasteiger partial charge in [0.2, 0.25) is 5.95 Å². The predicted molar refractivity (Wildman–Crippen MR) is 131 cm³/mol. The molecule has 1 saturated heterocycles. The highest BCUT2D eigenvalue weighted by Gasteiger charge is 2.27. The maximum Gasteiger partial charge on any atom is 0.259 e. The summed E-state index contributed by atoms with van der Waals surface area (Å²) >= 11 is 0. The van der Waals surface area contributed by atoms with Crippen molar-refractivity contribution >= 4 is 40.2 Å². The molecule has 2 aliphatic heterocycles. The summed E-state index contributed by atoms with van der Waals surface area (Å²) in [6.45, 7) is 3.98. The summed E-state index contributed by atoms with van der Waals surface area (Å²) in [5, 5.41) is 6.53.